The van der Waals surface area contributed by atoms with Crippen LogP contribution in [0.1, 0.15) is 41.0 Å². The van der Waals surface area contributed by atoms with Gasteiger partial charge in [0.15, 0.2) is 0 Å². The van der Waals surface area contributed by atoms with Gasteiger partial charge in [-0.05, 0) is 26.7 Å². The van der Waals surface area contributed by atoms with E-state index >= 15 is 0 Å². The minimum atomic E-state index is -0.765. The van der Waals surface area contributed by atoms with Gasteiger partial charge in [0, 0.05) is 0 Å². The van der Waals surface area contributed by atoms with E-state index < -0.39 is 17.8 Å². The molecule has 0 aliphatic carbocycles. The van der Waals surface area contributed by atoms with Gasteiger partial charge in [0.2, 0.25) is 0 Å². The molecule has 0 aromatic carbocycles. The fourth-order valence-electron chi connectivity index (χ4n) is 1.41. The Balaban J connectivity index is 4.48. The maximum absolute atomic E-state index is 11.6. The summed E-state index contributed by atoms with van der Waals surface area (Å²) in [6.45, 7) is 9.33. The van der Waals surface area contributed by atoms with Crippen LogP contribution < -0.4 is 5.32 Å². The number of rotatable bonds is 5. The summed E-state index contributed by atoms with van der Waals surface area (Å²) in [7, 11) is 0. The van der Waals surface area contributed by atoms with Crippen molar-refractivity contribution in [3.05, 3.63) is 0 Å². The first-order valence-corrected chi connectivity index (χ1v) is 6.48. The van der Waals surface area contributed by atoms with Crippen molar-refractivity contribution in [2.75, 3.05) is 5.88 Å². The molecule has 0 rings (SSSR count). The molecule has 5 heteroatoms. The van der Waals surface area contributed by atoms with E-state index in [2.05, 4.69) is 5.32 Å². The maximum atomic E-state index is 11.6. The zero-order chi connectivity index (χ0) is 13.6. The molecule has 0 fully saturated rings. The van der Waals surface area contributed by atoms with Gasteiger partial charge in [-0.1, -0.05) is 20.3 Å². The topological polar surface area (TPSA) is 58.6 Å². The Kier molecular flexibility index (Phi) is 6.87. The number of nitrogens with one attached hydrogen (secondary N) is 1. The molecular weight excluding hydrogens is 242 g/mol. The smallest absolute Gasteiger partial charge is 0.407 e. The molecule has 0 aromatic heterocycles. The third-order valence-electron chi connectivity index (χ3n) is 2.51. The molecule has 1 unspecified atom stereocenters. The van der Waals surface area contributed by atoms with Gasteiger partial charge >= 0.3 is 6.09 Å². The van der Waals surface area contributed by atoms with Crippen molar-refractivity contribution >= 4 is 17.7 Å². The van der Waals surface area contributed by atoms with Crippen molar-refractivity contribution in [3.63, 3.8) is 0 Å². The van der Waals surface area contributed by atoms with Crippen LogP contribution in [0.25, 0.3) is 0 Å². The highest BCUT2D eigenvalue weighted by atomic mass is 35.5. The van der Waals surface area contributed by atoms with Gasteiger partial charge in [0.05, 0.1) is 18.0 Å². The Bertz CT molecular complexity index is 230. The molecule has 102 valence electrons. The summed E-state index contributed by atoms with van der Waals surface area (Å²) < 4.78 is 5.15. The van der Waals surface area contributed by atoms with Gasteiger partial charge in [-0.15, -0.1) is 11.6 Å². The van der Waals surface area contributed by atoms with Crippen LogP contribution in [-0.4, -0.2) is 34.8 Å². The monoisotopic (exact) mass is 265 g/mol. The fourth-order valence-corrected chi connectivity index (χ4v) is 1.60. The van der Waals surface area contributed by atoms with Crippen LogP contribution in [0.4, 0.5) is 4.79 Å². The maximum Gasteiger partial charge on any atom is 0.407 e. The molecular formula is C12H24ClNO3. The van der Waals surface area contributed by atoms with Gasteiger partial charge in [-0.3, -0.25) is 0 Å². The summed E-state index contributed by atoms with van der Waals surface area (Å²) in [4.78, 5) is 11.6. The first-order chi connectivity index (χ1) is 7.71. The molecule has 0 heterocycles. The number of halogens is 1. The van der Waals surface area contributed by atoms with Crippen LogP contribution in [0.2, 0.25) is 0 Å². The molecule has 0 saturated heterocycles. The number of alkyl carbamates (subject to hydrolysis) is 1. The van der Waals surface area contributed by atoms with E-state index in [0.29, 0.717) is 0 Å². The first kappa shape index (κ1) is 16.5. The number of hydrogen-bond donors (Lipinski definition) is 2. The Morgan fingerprint density at radius 2 is 2.00 bits per heavy atom. The molecule has 4 nitrogen and oxygen atoms in total. The van der Waals surface area contributed by atoms with E-state index in [0.717, 1.165) is 6.42 Å². The lowest BCUT2D eigenvalue weighted by atomic mass is 9.95. The zero-order valence-electron chi connectivity index (χ0n) is 11.3. The van der Waals surface area contributed by atoms with E-state index in [1.807, 2.05) is 13.8 Å². The average molecular weight is 266 g/mol. The molecule has 0 aliphatic heterocycles. The largest absolute Gasteiger partial charge is 0.444 e. The number of aliphatic hydroxyl groups excluding tert-OH is 1. The number of hydrogen-bond acceptors (Lipinski definition) is 3. The standard InChI is InChI=1S/C12H24ClNO3/c1-6-8(2)10(9(15)7-13)14-11(16)17-12(3,4)5/h8-10,15H,6-7H2,1-5H3,(H,14,16)/t8?,9-,10-/m0/s1. The number of carbonyl (C=O) groups is 1. The third kappa shape index (κ3) is 6.74. The average Bonchev–Trinajstić information content (AvgIpc) is 2.21. The second-order valence-corrected chi connectivity index (χ2v) is 5.59. The minimum Gasteiger partial charge on any atom is -0.444 e. The Hall–Kier alpha value is -0.480. The number of carbonyl (C=O) groups excluding carboxylic acids is 1. The molecule has 1 amide bonds. The molecule has 0 aromatic rings. The summed E-state index contributed by atoms with van der Waals surface area (Å²) in [6.07, 6.45) is -0.444. The van der Waals surface area contributed by atoms with E-state index in [-0.39, 0.29) is 17.8 Å². The minimum absolute atomic E-state index is 0.0881. The zero-order valence-corrected chi connectivity index (χ0v) is 12.0. The van der Waals surface area contributed by atoms with E-state index in [9.17, 15) is 9.90 Å². The number of alkyl halides is 1. The number of ether oxygens (including phenoxy) is 1. The van der Waals surface area contributed by atoms with Crippen molar-refractivity contribution in [2.24, 2.45) is 5.92 Å². The van der Waals surface area contributed by atoms with E-state index in [1.54, 1.807) is 20.8 Å². The molecule has 0 saturated carbocycles. The Labute approximate surface area is 109 Å². The van der Waals surface area contributed by atoms with Gasteiger partial charge in [0.1, 0.15) is 5.60 Å². The highest BCUT2D eigenvalue weighted by molar-refractivity contribution is 6.18. The summed E-state index contributed by atoms with van der Waals surface area (Å²) in [5.74, 6) is 0.224. The van der Waals surface area contributed by atoms with Crippen molar-refractivity contribution in [3.8, 4) is 0 Å². The number of amides is 1. The Morgan fingerprint density at radius 1 is 1.47 bits per heavy atom. The van der Waals surface area contributed by atoms with Gasteiger partial charge < -0.3 is 15.2 Å². The van der Waals surface area contributed by atoms with E-state index in [1.165, 1.54) is 0 Å². The summed E-state index contributed by atoms with van der Waals surface area (Å²) in [5, 5.41) is 12.4. The van der Waals surface area contributed by atoms with Crippen LogP contribution in [0.15, 0.2) is 0 Å². The van der Waals surface area contributed by atoms with Crippen LogP contribution in [0, 0.1) is 5.92 Å². The van der Waals surface area contributed by atoms with Crippen molar-refractivity contribution in [1.29, 1.82) is 0 Å². The SMILES string of the molecule is CCC(C)[C@H](NC(=O)OC(C)(C)C)[C@@H](O)CCl. The van der Waals surface area contributed by atoms with Crippen LogP contribution in [-0.2, 0) is 4.74 Å². The van der Waals surface area contributed by atoms with E-state index in [4.69, 9.17) is 16.3 Å². The molecule has 0 bridgehead atoms. The van der Waals surface area contributed by atoms with Crippen molar-refractivity contribution < 1.29 is 14.6 Å². The molecule has 2 N–H and O–H groups in total. The first-order valence-electron chi connectivity index (χ1n) is 5.94. The van der Waals surface area contributed by atoms with Gasteiger partial charge in [0.25, 0.3) is 0 Å². The Morgan fingerprint density at radius 3 is 2.35 bits per heavy atom. The van der Waals surface area contributed by atoms with Gasteiger partial charge in [-0.2, -0.15) is 0 Å². The highest BCUT2D eigenvalue weighted by Gasteiger charge is 2.27. The van der Waals surface area contributed by atoms with Crippen LogP contribution in [0.3, 0.4) is 0 Å². The predicted molar refractivity (Wildman–Crippen MR) is 69.3 cm³/mol. The molecule has 0 radical (unpaired) electrons. The van der Waals surface area contributed by atoms with Crippen LogP contribution >= 0.6 is 11.6 Å². The summed E-state index contributed by atoms with van der Waals surface area (Å²) >= 11 is 5.62. The lowest BCUT2D eigenvalue weighted by Crippen LogP contribution is -2.49. The number of aliphatic hydroxyl groups is 1. The second-order valence-electron chi connectivity index (χ2n) is 5.28. The summed E-state index contributed by atoms with van der Waals surface area (Å²) in [6, 6.07) is -0.382. The normalized spacial score (nSPS) is 17.1. The lowest BCUT2D eigenvalue weighted by Gasteiger charge is -2.29. The predicted octanol–water partition coefficient (Wildman–Crippen LogP) is 2.53. The third-order valence-corrected chi connectivity index (χ3v) is 2.83. The fraction of sp³-hybridized carbons (Fsp3) is 0.917. The molecule has 17 heavy (non-hydrogen) atoms. The quantitative estimate of drug-likeness (QED) is 0.751. The lowest BCUT2D eigenvalue weighted by molar-refractivity contribution is 0.0392. The van der Waals surface area contributed by atoms with Crippen molar-refractivity contribution in [2.45, 2.75) is 58.8 Å². The van der Waals surface area contributed by atoms with Gasteiger partial charge in [-0.25, -0.2) is 4.79 Å². The van der Waals surface area contributed by atoms with Crippen molar-refractivity contribution in [1.82, 2.24) is 5.32 Å². The second kappa shape index (κ2) is 7.07. The highest BCUT2D eigenvalue weighted by Crippen LogP contribution is 2.14. The van der Waals surface area contributed by atoms with Crippen LogP contribution in [0.5, 0.6) is 0 Å². The molecule has 0 aliphatic rings. The molecule has 3 atom stereocenters. The summed E-state index contributed by atoms with van der Waals surface area (Å²) in [5.41, 5.74) is -0.546. The molecule has 0 spiro atoms.